The highest BCUT2D eigenvalue weighted by atomic mass is 32.2. The number of aromatic amines is 1. The van der Waals surface area contributed by atoms with Crippen LogP contribution < -0.4 is 10.5 Å². The van der Waals surface area contributed by atoms with Gasteiger partial charge in [-0.15, -0.1) is 10.2 Å². The first kappa shape index (κ1) is 16.6. The maximum atomic E-state index is 12.3. The minimum Gasteiger partial charge on any atom is -0.375 e. The van der Waals surface area contributed by atoms with Gasteiger partial charge in [-0.25, -0.2) is 4.21 Å². The second kappa shape index (κ2) is 7.11. The van der Waals surface area contributed by atoms with Crippen molar-refractivity contribution < 1.29 is 8.95 Å². The molecule has 126 valence electrons. The molecule has 24 heavy (non-hydrogen) atoms. The first-order valence-electron chi connectivity index (χ1n) is 7.39. The lowest BCUT2D eigenvalue weighted by Crippen LogP contribution is -2.38. The zero-order valence-electron chi connectivity index (χ0n) is 13.0. The fourth-order valence-electron chi connectivity index (χ4n) is 2.43. The molecule has 2 heterocycles. The third kappa shape index (κ3) is 3.80. The smallest absolute Gasteiger partial charge is 0.207 e. The molecule has 1 saturated heterocycles. The van der Waals surface area contributed by atoms with E-state index in [1.807, 2.05) is 0 Å². The van der Waals surface area contributed by atoms with Crippen LogP contribution >= 0.6 is 0 Å². The fourth-order valence-corrected chi connectivity index (χ4v) is 3.29. The third-order valence-corrected chi connectivity index (χ3v) is 4.61. The molecule has 2 atom stereocenters. The molecule has 4 N–H and O–H groups in total. The van der Waals surface area contributed by atoms with Crippen molar-refractivity contribution in [1.29, 1.82) is 0 Å². The van der Waals surface area contributed by atoms with Crippen molar-refractivity contribution in [3.8, 4) is 23.2 Å². The Kier molecular flexibility index (Phi) is 4.92. The van der Waals surface area contributed by atoms with Crippen molar-refractivity contribution in [3.63, 3.8) is 0 Å². The lowest BCUT2D eigenvalue weighted by molar-refractivity contribution is 0.0322. The van der Waals surface area contributed by atoms with Crippen LogP contribution in [0.15, 0.2) is 23.1 Å². The summed E-state index contributed by atoms with van der Waals surface area (Å²) in [5, 5.41) is 22.8. The molecule has 2 unspecified atom stereocenters. The topological polar surface area (TPSA) is 119 Å². The van der Waals surface area contributed by atoms with E-state index < -0.39 is 9.71 Å². The number of morpholine rings is 1. The Balaban J connectivity index is 1.96. The molecule has 0 radical (unpaired) electrons. The van der Waals surface area contributed by atoms with Gasteiger partial charge in [-0.05, 0) is 23.2 Å². The number of hydrogen-bond acceptors (Lipinski definition) is 6. The van der Waals surface area contributed by atoms with Gasteiger partial charge in [0.1, 0.15) is 0 Å². The van der Waals surface area contributed by atoms with Gasteiger partial charge in [0.2, 0.25) is 5.82 Å². The molecule has 3 rings (SSSR count). The highest BCUT2D eigenvalue weighted by molar-refractivity contribution is 7.98. The number of nitrogens with one attached hydrogen (secondary N) is 2. The third-order valence-electron chi connectivity index (χ3n) is 3.52. The van der Waals surface area contributed by atoms with Crippen LogP contribution in [0.5, 0.6) is 0 Å². The number of nitrogens with two attached hydrogens (primary N) is 1. The maximum Gasteiger partial charge on any atom is 0.207 e. The number of benzene rings is 1. The summed E-state index contributed by atoms with van der Waals surface area (Å²) in [5.41, 5.74) is 1.11. The van der Waals surface area contributed by atoms with Crippen molar-refractivity contribution in [2.24, 2.45) is 5.14 Å². The quantitative estimate of drug-likeness (QED) is 0.511. The van der Waals surface area contributed by atoms with Crippen LogP contribution in [0.2, 0.25) is 0 Å². The molecule has 1 fully saturated rings. The number of aromatic nitrogens is 4. The van der Waals surface area contributed by atoms with Crippen molar-refractivity contribution in [2.75, 3.05) is 19.7 Å². The monoisotopic (exact) mass is 346 g/mol. The highest BCUT2D eigenvalue weighted by Crippen LogP contribution is 2.26. The molecule has 8 nitrogen and oxygen atoms in total. The number of ether oxygens (including phenoxy) is 1. The van der Waals surface area contributed by atoms with Crippen LogP contribution in [-0.4, -0.2) is 56.5 Å². The van der Waals surface area contributed by atoms with E-state index >= 15 is 0 Å². The molecule has 1 aliphatic heterocycles. The molecule has 0 aliphatic carbocycles. The van der Waals surface area contributed by atoms with Gasteiger partial charge in [-0.1, -0.05) is 17.9 Å². The Bertz CT molecular complexity index is 861. The molecule has 0 bridgehead atoms. The summed E-state index contributed by atoms with van der Waals surface area (Å²) < 4.78 is 17.9. The summed E-state index contributed by atoms with van der Waals surface area (Å²) in [7, 11) is -2.95. The SMILES string of the molecule is C=S(N)(=O)c1cccc(C#CCC2CNCCO2)c1-c1nn[nH]n1. The lowest BCUT2D eigenvalue weighted by atomic mass is 10.1. The standard InChI is InChI=1S/C15H18N6O2S/c1-24(16,22)13-7-3-5-11(14(13)15-18-20-21-19-15)4-2-6-12-10-17-8-9-23-12/h3,5,7,12,17H,1,6,8-10H2,(H2,16,22)(H,18,19,20,21). The largest absolute Gasteiger partial charge is 0.375 e. The van der Waals surface area contributed by atoms with Crippen molar-refractivity contribution in [2.45, 2.75) is 17.4 Å². The number of H-pyrrole nitrogens is 1. The average Bonchev–Trinajstić information content (AvgIpc) is 3.09. The first-order valence-corrected chi connectivity index (χ1v) is 9.18. The van der Waals surface area contributed by atoms with Crippen LogP contribution in [-0.2, 0) is 14.4 Å². The van der Waals surface area contributed by atoms with Gasteiger partial charge >= 0.3 is 0 Å². The molecule has 1 aromatic heterocycles. The van der Waals surface area contributed by atoms with Gasteiger partial charge in [-0.2, -0.15) is 5.21 Å². The van der Waals surface area contributed by atoms with Crippen LogP contribution in [0.4, 0.5) is 0 Å². The lowest BCUT2D eigenvalue weighted by Gasteiger charge is -2.21. The van der Waals surface area contributed by atoms with E-state index in [9.17, 15) is 4.21 Å². The summed E-state index contributed by atoms with van der Waals surface area (Å²) in [6.07, 6.45) is 0.653. The van der Waals surface area contributed by atoms with Gasteiger partial charge in [-0.3, -0.25) is 5.14 Å². The average molecular weight is 346 g/mol. The predicted octanol–water partition coefficient (Wildman–Crippen LogP) is -0.454. The number of hydrogen-bond donors (Lipinski definition) is 3. The van der Waals surface area contributed by atoms with E-state index in [0.29, 0.717) is 29.1 Å². The van der Waals surface area contributed by atoms with Gasteiger partial charge in [0.15, 0.2) is 0 Å². The van der Waals surface area contributed by atoms with E-state index in [0.717, 1.165) is 13.1 Å². The molecular formula is C15H18N6O2S. The second-order valence-electron chi connectivity index (χ2n) is 5.34. The molecule has 1 aliphatic rings. The van der Waals surface area contributed by atoms with Crippen molar-refractivity contribution >= 4 is 15.6 Å². The fraction of sp³-hybridized carbons (Fsp3) is 0.333. The summed E-state index contributed by atoms with van der Waals surface area (Å²) in [5.74, 6) is 10.0. The van der Waals surface area contributed by atoms with Gasteiger partial charge in [0.25, 0.3) is 0 Å². The van der Waals surface area contributed by atoms with Crippen LogP contribution in [0.1, 0.15) is 12.0 Å². The summed E-state index contributed by atoms with van der Waals surface area (Å²) in [6, 6.07) is 5.17. The minimum absolute atomic E-state index is 0.0645. The zero-order chi connectivity index (χ0) is 17.0. The Labute approximate surface area is 140 Å². The number of nitrogens with zero attached hydrogens (tertiary/aromatic N) is 3. The zero-order valence-corrected chi connectivity index (χ0v) is 13.8. The summed E-state index contributed by atoms with van der Waals surface area (Å²) in [6.45, 7) is 2.33. The maximum absolute atomic E-state index is 12.3. The molecule has 0 spiro atoms. The number of rotatable bonds is 3. The highest BCUT2D eigenvalue weighted by Gasteiger charge is 2.18. The predicted molar refractivity (Wildman–Crippen MR) is 91.4 cm³/mol. The minimum atomic E-state index is -2.95. The van der Waals surface area contributed by atoms with Gasteiger partial charge < -0.3 is 10.1 Å². The van der Waals surface area contributed by atoms with Gasteiger partial charge in [0.05, 0.1) is 32.9 Å². The van der Waals surface area contributed by atoms with E-state index in [2.05, 4.69) is 43.7 Å². The summed E-state index contributed by atoms with van der Waals surface area (Å²) >= 11 is 0. The van der Waals surface area contributed by atoms with Crippen LogP contribution in [0.3, 0.4) is 0 Å². The molecule has 9 heteroatoms. The Morgan fingerprint density at radius 3 is 3.04 bits per heavy atom. The Morgan fingerprint density at radius 2 is 2.38 bits per heavy atom. The second-order valence-corrected chi connectivity index (χ2v) is 7.24. The van der Waals surface area contributed by atoms with Crippen molar-refractivity contribution in [3.05, 3.63) is 23.8 Å². The van der Waals surface area contributed by atoms with Crippen LogP contribution in [0.25, 0.3) is 11.4 Å². The van der Waals surface area contributed by atoms with E-state index in [-0.39, 0.29) is 11.9 Å². The molecule has 2 aromatic rings. The molecule has 0 amide bonds. The summed E-state index contributed by atoms with van der Waals surface area (Å²) in [4.78, 5) is 0.353. The normalized spacial score (nSPS) is 20.0. The molecule has 0 saturated carbocycles. The van der Waals surface area contributed by atoms with E-state index in [4.69, 9.17) is 9.88 Å². The Morgan fingerprint density at radius 1 is 1.50 bits per heavy atom. The molecular weight excluding hydrogens is 328 g/mol. The van der Waals surface area contributed by atoms with E-state index in [1.54, 1.807) is 18.2 Å². The molecule has 1 aromatic carbocycles. The van der Waals surface area contributed by atoms with Crippen LogP contribution in [0, 0.1) is 11.8 Å². The van der Waals surface area contributed by atoms with Crippen molar-refractivity contribution in [1.82, 2.24) is 25.9 Å². The van der Waals surface area contributed by atoms with E-state index in [1.165, 1.54) is 0 Å². The van der Waals surface area contributed by atoms with Gasteiger partial charge in [0, 0.05) is 25.1 Å². The number of tetrazole rings is 1. The first-order chi connectivity index (χ1) is 11.6. The Hall–Kier alpha value is -2.25.